The predicted octanol–water partition coefficient (Wildman–Crippen LogP) is 38.1. The molecule has 0 heterocycles. The fraction of sp³-hybridized carbons (Fsp3) is 0.415. The Kier molecular flexibility index (Phi) is 36.8. The zero-order valence-electron chi connectivity index (χ0n) is 78.3. The van der Waals surface area contributed by atoms with E-state index < -0.39 is 0 Å². The second kappa shape index (κ2) is 49.2. The Morgan fingerprint density at radius 3 is 0.630 bits per heavy atom. The van der Waals surface area contributed by atoms with Crippen LogP contribution in [0.5, 0.6) is 0 Å². The average molecular weight is 1700 g/mol. The Labute approximate surface area is 763 Å². The zero-order chi connectivity index (χ0) is 88.6. The topological polar surface area (TPSA) is 0 Å². The Balaban J connectivity index is 0.000000145. The van der Waals surface area contributed by atoms with Crippen molar-refractivity contribution in [3.05, 3.63) is 335 Å². The van der Waals surface area contributed by atoms with Gasteiger partial charge in [0.05, 0.1) is 0 Å². The van der Waals surface area contributed by atoms with Gasteiger partial charge in [0.1, 0.15) is 23.3 Å². The maximum Gasteiger partial charge on any atom is 0.131 e. The summed E-state index contributed by atoms with van der Waals surface area (Å²) in [6.45, 7) is 17.7. The van der Waals surface area contributed by atoms with Crippen molar-refractivity contribution in [2.75, 3.05) is 0 Å². The first-order valence-corrected chi connectivity index (χ1v) is 50.1. The number of benzene rings is 12. The second-order valence-electron chi connectivity index (χ2n) is 38.3. The molecular weight excluding hydrogens is 1550 g/mol. The van der Waals surface area contributed by atoms with E-state index in [2.05, 4.69) is 188 Å². The minimum atomic E-state index is -0.160. The Bertz CT molecular complexity index is 5220. The summed E-state index contributed by atoms with van der Waals surface area (Å²) in [6.07, 6.45) is 45.9. The standard InChI is InChI=1S/C32H39F.C31H37F.2C30H35F/c1-3-5-6-8-25-9-13-26(14-10-25)27-17-19-28(20-18-27)30-21-22-31(32(33)23-30)29-15-11-24(7-4-2)12-16-29;1-3-5-7-24-8-12-25(13-9-24)26-16-18-27(19-17-26)29-20-21-30(31(32)22-29)28-14-10-23(6-4-2)11-15-28;1-3-4-5-6-23-9-13-24(14-10-23)25-15-17-26(18-16-25)28-19-20-29(30(31)21-28)27-11-7-22(2)8-12-27;1-3-5-22-7-11-24(12-8-22)25-15-17-26(18-16-25)28-19-20-29(30(31)21-28)27-13-9-23(6-4-2)10-14-27/h11-12,15-23,25-26H,3-10,13-14H2,1-2H3;10-11,14-22,24-25H,3-9,12-13H2,1-2H3;7-8,11-12,15-21,23-24H,3-6,9-10,13-14H2,1-2H3;9-10,13-22,24H,3-8,11-12H2,1-2H3. The summed E-state index contributed by atoms with van der Waals surface area (Å²) in [5.41, 5.74) is 25.5. The number of hydrogen-bond acceptors (Lipinski definition) is 0. The molecule has 127 heavy (non-hydrogen) atoms. The molecular formula is C123H146F4. The van der Waals surface area contributed by atoms with Crippen LogP contribution in [0, 0.1) is 53.9 Å². The Morgan fingerprint density at radius 2 is 0.409 bits per heavy atom. The molecule has 0 unspecified atom stereocenters. The average Bonchev–Trinajstić information content (AvgIpc) is 0.818. The highest BCUT2D eigenvalue weighted by Gasteiger charge is 2.27. The highest BCUT2D eigenvalue weighted by molar-refractivity contribution is 5.76. The fourth-order valence-electron chi connectivity index (χ4n) is 21.1. The predicted molar refractivity (Wildman–Crippen MR) is 537 cm³/mol. The van der Waals surface area contributed by atoms with E-state index >= 15 is 0 Å². The largest absolute Gasteiger partial charge is 0.206 e. The van der Waals surface area contributed by atoms with Crippen LogP contribution in [0.1, 0.15) is 322 Å². The third-order valence-corrected chi connectivity index (χ3v) is 29.0. The molecule has 0 atom stereocenters. The van der Waals surface area contributed by atoms with Crippen molar-refractivity contribution in [3.63, 3.8) is 0 Å². The molecule has 4 saturated carbocycles. The molecule has 0 saturated heterocycles. The van der Waals surface area contributed by atoms with Crippen LogP contribution in [-0.2, 0) is 19.3 Å². The quantitative estimate of drug-likeness (QED) is 0.0300. The van der Waals surface area contributed by atoms with Crippen molar-refractivity contribution in [3.8, 4) is 89.0 Å². The van der Waals surface area contributed by atoms with Gasteiger partial charge < -0.3 is 0 Å². The van der Waals surface area contributed by atoms with Crippen molar-refractivity contribution < 1.29 is 17.6 Å². The summed E-state index contributed by atoms with van der Waals surface area (Å²) < 4.78 is 59.7. The molecule has 4 heteroatoms. The van der Waals surface area contributed by atoms with E-state index in [9.17, 15) is 17.6 Å². The molecule has 16 rings (SSSR count). The summed E-state index contributed by atoms with van der Waals surface area (Å²) >= 11 is 0. The van der Waals surface area contributed by atoms with Gasteiger partial charge in [0, 0.05) is 22.3 Å². The van der Waals surface area contributed by atoms with Crippen molar-refractivity contribution in [2.45, 2.75) is 304 Å². The lowest BCUT2D eigenvalue weighted by atomic mass is 9.77. The molecule has 12 aromatic rings. The van der Waals surface area contributed by atoms with Gasteiger partial charge in [-0.2, -0.15) is 0 Å². The second-order valence-corrected chi connectivity index (χ2v) is 38.3. The minimum Gasteiger partial charge on any atom is -0.206 e. The highest BCUT2D eigenvalue weighted by atomic mass is 19.1. The monoisotopic (exact) mass is 1700 g/mol. The summed E-state index contributed by atoms with van der Waals surface area (Å²) in [5.74, 6) is 5.91. The van der Waals surface area contributed by atoms with Crippen LogP contribution >= 0.6 is 0 Å². The molecule has 0 aromatic heterocycles. The summed E-state index contributed by atoms with van der Waals surface area (Å²) in [7, 11) is 0. The van der Waals surface area contributed by atoms with Crippen molar-refractivity contribution in [1.29, 1.82) is 0 Å². The van der Waals surface area contributed by atoms with Crippen LogP contribution in [0.2, 0.25) is 0 Å². The molecule has 0 N–H and O–H groups in total. The molecule has 0 spiro atoms. The normalized spacial score (nSPS) is 18.6. The number of halogens is 4. The maximum absolute atomic E-state index is 15.0. The first kappa shape index (κ1) is 95.0. The smallest absolute Gasteiger partial charge is 0.131 e. The molecule has 0 nitrogen and oxygen atoms in total. The Morgan fingerprint density at radius 1 is 0.197 bits per heavy atom. The van der Waals surface area contributed by atoms with E-state index in [1.54, 1.807) is 24.3 Å². The van der Waals surface area contributed by atoms with Gasteiger partial charge in [0.15, 0.2) is 0 Å². The van der Waals surface area contributed by atoms with E-state index in [-0.39, 0.29) is 23.3 Å². The van der Waals surface area contributed by atoms with Gasteiger partial charge in [-0.05, 0) is 306 Å². The highest BCUT2D eigenvalue weighted by Crippen LogP contribution is 2.45. The van der Waals surface area contributed by atoms with E-state index in [4.69, 9.17) is 0 Å². The molecule has 0 aliphatic heterocycles. The van der Waals surface area contributed by atoms with Crippen LogP contribution < -0.4 is 0 Å². The first-order chi connectivity index (χ1) is 62.2. The Hall–Kier alpha value is -9.64. The third-order valence-electron chi connectivity index (χ3n) is 29.0. The van der Waals surface area contributed by atoms with E-state index in [1.807, 2.05) is 110 Å². The number of rotatable bonds is 31. The summed E-state index contributed by atoms with van der Waals surface area (Å²) in [5, 5.41) is 0. The molecule has 4 aliphatic carbocycles. The fourth-order valence-corrected chi connectivity index (χ4v) is 21.1. The van der Waals surface area contributed by atoms with Crippen molar-refractivity contribution >= 4 is 0 Å². The van der Waals surface area contributed by atoms with Gasteiger partial charge in [-0.15, -0.1) is 0 Å². The molecule has 666 valence electrons. The van der Waals surface area contributed by atoms with E-state index in [0.717, 1.165) is 129 Å². The van der Waals surface area contributed by atoms with Crippen molar-refractivity contribution in [2.24, 2.45) is 23.7 Å². The zero-order valence-corrected chi connectivity index (χ0v) is 78.3. The van der Waals surface area contributed by atoms with Gasteiger partial charge in [-0.3, -0.25) is 0 Å². The summed E-state index contributed by atoms with van der Waals surface area (Å²) in [4.78, 5) is 0. The first-order valence-electron chi connectivity index (χ1n) is 50.1. The van der Waals surface area contributed by atoms with Gasteiger partial charge in [0.25, 0.3) is 0 Å². The van der Waals surface area contributed by atoms with E-state index in [1.165, 1.54) is 231 Å². The van der Waals surface area contributed by atoms with Crippen LogP contribution in [0.15, 0.2) is 267 Å². The minimum absolute atomic E-state index is 0.152. The van der Waals surface area contributed by atoms with Crippen LogP contribution in [-0.4, -0.2) is 0 Å². The molecule has 12 aromatic carbocycles. The van der Waals surface area contributed by atoms with Crippen LogP contribution in [0.4, 0.5) is 17.6 Å². The van der Waals surface area contributed by atoms with Crippen LogP contribution in [0.25, 0.3) is 89.0 Å². The van der Waals surface area contributed by atoms with Gasteiger partial charge in [0.2, 0.25) is 0 Å². The SMILES string of the molecule is CCCCC1CCC(c2ccc(-c3ccc(-c4ccc(CCC)cc4)c(F)c3)cc2)CC1.CCCCCC1CCC(c2ccc(-c3ccc(-c4ccc(C)cc4)c(F)c3)cc2)CC1.CCCCCC1CCC(c2ccc(-c3ccc(-c4ccc(CCC)cc4)c(F)c3)cc2)CC1.CCCc1ccc(-c2ccc(-c3ccc(C4CCC(CCC)CC4)cc3)cc2F)cc1. The molecule has 0 radical (unpaired) electrons. The lowest BCUT2D eigenvalue weighted by Gasteiger charge is -2.29. The number of hydrogen-bond donors (Lipinski definition) is 0. The third kappa shape index (κ3) is 27.2. The molecule has 0 bridgehead atoms. The van der Waals surface area contributed by atoms with Gasteiger partial charge >= 0.3 is 0 Å². The van der Waals surface area contributed by atoms with Gasteiger partial charge in [-0.25, -0.2) is 17.6 Å². The van der Waals surface area contributed by atoms with Crippen LogP contribution in [0.3, 0.4) is 0 Å². The molecule has 4 aliphatic rings. The maximum atomic E-state index is 15.0. The lowest BCUT2D eigenvalue weighted by molar-refractivity contribution is 0.303. The molecule has 0 amide bonds. The summed E-state index contributed by atoms with van der Waals surface area (Å²) in [6, 6.07) is 91.0. The molecule has 4 fully saturated rings. The number of unbranched alkanes of at least 4 members (excludes halogenated alkanes) is 5. The lowest BCUT2D eigenvalue weighted by Crippen LogP contribution is -2.13. The number of aryl methyl sites for hydroxylation is 4. The van der Waals surface area contributed by atoms with E-state index in [0.29, 0.717) is 45.9 Å². The van der Waals surface area contributed by atoms with Crippen molar-refractivity contribution in [1.82, 2.24) is 0 Å². The van der Waals surface area contributed by atoms with Gasteiger partial charge in [-0.1, -0.05) is 399 Å².